The minimum Gasteiger partial charge on any atom is -0.371 e. The van der Waals surface area contributed by atoms with Crippen molar-refractivity contribution < 1.29 is 4.39 Å². The smallest absolute Gasteiger partial charge is 0.123 e. The molecular weight excluding hydrogens is 263 g/mol. The Morgan fingerprint density at radius 3 is 2.48 bits per heavy atom. The molecule has 1 aromatic rings. The van der Waals surface area contributed by atoms with Crippen LogP contribution in [0.25, 0.3) is 0 Å². The van der Waals surface area contributed by atoms with Gasteiger partial charge in [-0.3, -0.25) is 0 Å². The van der Waals surface area contributed by atoms with E-state index in [1.165, 1.54) is 18.5 Å². The Kier molecular flexibility index (Phi) is 5.26. The van der Waals surface area contributed by atoms with E-state index in [1.54, 1.807) is 12.1 Å². The topological polar surface area (TPSA) is 15.3 Å². The molecule has 0 spiro atoms. The maximum atomic E-state index is 13.5. The molecule has 2 rings (SSSR count). The summed E-state index contributed by atoms with van der Waals surface area (Å²) in [6, 6.07) is 5.20. The molecule has 0 atom stereocenters. The third-order valence-corrected chi connectivity index (χ3v) is 4.67. The predicted octanol–water partition coefficient (Wildman–Crippen LogP) is 4.20. The average molecular weight is 292 g/mol. The summed E-state index contributed by atoms with van der Waals surface area (Å²) in [5.74, 6) is 0.641. The zero-order valence-electron chi connectivity index (χ0n) is 13.9. The monoisotopic (exact) mass is 292 g/mol. The van der Waals surface area contributed by atoms with Gasteiger partial charge in [-0.15, -0.1) is 0 Å². The van der Waals surface area contributed by atoms with E-state index in [-0.39, 0.29) is 5.82 Å². The summed E-state index contributed by atoms with van der Waals surface area (Å²) >= 11 is 0. The zero-order chi connectivity index (χ0) is 15.5. The summed E-state index contributed by atoms with van der Waals surface area (Å²) in [7, 11) is 0. The van der Waals surface area contributed by atoms with Gasteiger partial charge in [0.25, 0.3) is 0 Å². The van der Waals surface area contributed by atoms with Crippen LogP contribution in [0.5, 0.6) is 0 Å². The van der Waals surface area contributed by atoms with Crippen molar-refractivity contribution in [1.29, 1.82) is 0 Å². The van der Waals surface area contributed by atoms with E-state index in [4.69, 9.17) is 0 Å². The van der Waals surface area contributed by atoms with Crippen molar-refractivity contribution in [2.24, 2.45) is 11.3 Å². The van der Waals surface area contributed by atoms with Crippen molar-refractivity contribution in [3.63, 3.8) is 0 Å². The Labute approximate surface area is 128 Å². The maximum absolute atomic E-state index is 13.5. The van der Waals surface area contributed by atoms with Gasteiger partial charge in [-0.1, -0.05) is 27.7 Å². The first-order chi connectivity index (χ1) is 9.91. The molecule has 0 bridgehead atoms. The minimum atomic E-state index is -0.142. The van der Waals surface area contributed by atoms with Crippen LogP contribution < -0.4 is 10.2 Å². The highest BCUT2D eigenvalue weighted by Crippen LogP contribution is 2.36. The van der Waals surface area contributed by atoms with Crippen LogP contribution in [0, 0.1) is 17.2 Å². The van der Waals surface area contributed by atoms with E-state index in [0.717, 1.165) is 37.7 Å². The summed E-state index contributed by atoms with van der Waals surface area (Å²) in [5.41, 5.74) is 2.66. The molecule has 1 aliphatic heterocycles. The lowest BCUT2D eigenvalue weighted by Gasteiger charge is -2.40. The van der Waals surface area contributed by atoms with Crippen LogP contribution in [0.4, 0.5) is 10.1 Å². The molecule has 1 fully saturated rings. The number of nitrogens with one attached hydrogen (secondary N) is 1. The Morgan fingerprint density at radius 1 is 1.24 bits per heavy atom. The Hall–Kier alpha value is -1.09. The van der Waals surface area contributed by atoms with Crippen LogP contribution in [0.15, 0.2) is 18.2 Å². The number of rotatable bonds is 4. The molecule has 2 nitrogen and oxygen atoms in total. The highest BCUT2D eigenvalue weighted by Gasteiger charge is 2.29. The van der Waals surface area contributed by atoms with Crippen molar-refractivity contribution in [2.45, 2.75) is 47.1 Å². The molecular formula is C18H29FN2. The molecule has 21 heavy (non-hydrogen) atoms. The Morgan fingerprint density at radius 2 is 1.90 bits per heavy atom. The lowest BCUT2D eigenvalue weighted by molar-refractivity contribution is 0.199. The van der Waals surface area contributed by atoms with Gasteiger partial charge in [0.1, 0.15) is 5.82 Å². The fraction of sp³-hybridized carbons (Fsp3) is 0.667. The molecule has 1 heterocycles. The van der Waals surface area contributed by atoms with Gasteiger partial charge in [0.05, 0.1) is 0 Å². The van der Waals surface area contributed by atoms with Crippen LogP contribution in [0.1, 0.15) is 46.1 Å². The summed E-state index contributed by atoms with van der Waals surface area (Å²) in [4.78, 5) is 2.42. The first-order valence-electron chi connectivity index (χ1n) is 8.16. The summed E-state index contributed by atoms with van der Waals surface area (Å²) in [6.45, 7) is 12.9. The van der Waals surface area contributed by atoms with Gasteiger partial charge in [-0.2, -0.15) is 0 Å². The second-order valence-corrected chi connectivity index (χ2v) is 7.18. The van der Waals surface area contributed by atoms with Gasteiger partial charge in [0.15, 0.2) is 0 Å². The quantitative estimate of drug-likeness (QED) is 0.895. The molecule has 1 saturated heterocycles. The predicted molar refractivity (Wildman–Crippen MR) is 88.2 cm³/mol. The molecule has 0 aromatic heterocycles. The van der Waals surface area contributed by atoms with Gasteiger partial charge in [-0.25, -0.2) is 4.39 Å². The molecule has 0 saturated carbocycles. The van der Waals surface area contributed by atoms with Gasteiger partial charge in [-0.05, 0) is 54.5 Å². The van der Waals surface area contributed by atoms with E-state index in [2.05, 4.69) is 37.9 Å². The van der Waals surface area contributed by atoms with Crippen LogP contribution in [-0.2, 0) is 6.54 Å². The highest BCUT2D eigenvalue weighted by atomic mass is 19.1. The standard InChI is InChI=1S/C18H29FN2/c1-5-20-13-14-12-16(19)6-7-17(14)21-10-8-15(9-11-21)18(2,3)4/h6-7,12,15,20H,5,8-11,13H2,1-4H3. The van der Waals surface area contributed by atoms with Gasteiger partial charge >= 0.3 is 0 Å². The summed E-state index contributed by atoms with van der Waals surface area (Å²) in [6.07, 6.45) is 2.45. The molecule has 3 heteroatoms. The third kappa shape index (κ3) is 4.19. The van der Waals surface area contributed by atoms with Crippen LogP contribution in [0.3, 0.4) is 0 Å². The normalized spacial score (nSPS) is 17.3. The lowest BCUT2D eigenvalue weighted by atomic mass is 9.75. The number of hydrogen-bond acceptors (Lipinski definition) is 2. The Bertz CT molecular complexity index is 457. The Balaban J connectivity index is 2.09. The van der Waals surface area contributed by atoms with Crippen molar-refractivity contribution >= 4 is 5.69 Å². The number of anilines is 1. The second kappa shape index (κ2) is 6.78. The largest absolute Gasteiger partial charge is 0.371 e. The number of piperidine rings is 1. The first-order valence-corrected chi connectivity index (χ1v) is 8.16. The molecule has 0 radical (unpaired) electrons. The third-order valence-electron chi connectivity index (χ3n) is 4.67. The van der Waals surface area contributed by atoms with Crippen LogP contribution in [0.2, 0.25) is 0 Å². The zero-order valence-corrected chi connectivity index (χ0v) is 13.9. The maximum Gasteiger partial charge on any atom is 0.123 e. The minimum absolute atomic E-state index is 0.142. The van der Waals surface area contributed by atoms with Crippen molar-refractivity contribution in [2.75, 3.05) is 24.5 Å². The van der Waals surface area contributed by atoms with Gasteiger partial charge in [0.2, 0.25) is 0 Å². The second-order valence-electron chi connectivity index (χ2n) is 7.18. The molecule has 1 aliphatic rings. The molecule has 118 valence electrons. The molecule has 0 aliphatic carbocycles. The van der Waals surface area contributed by atoms with E-state index in [9.17, 15) is 4.39 Å². The van der Waals surface area contributed by atoms with Crippen molar-refractivity contribution in [1.82, 2.24) is 5.32 Å². The lowest BCUT2D eigenvalue weighted by Crippen LogP contribution is -2.38. The van der Waals surface area contributed by atoms with Crippen LogP contribution >= 0.6 is 0 Å². The number of hydrogen-bond donors (Lipinski definition) is 1. The number of nitrogens with zero attached hydrogens (tertiary/aromatic N) is 1. The summed E-state index contributed by atoms with van der Waals surface area (Å²) in [5, 5.41) is 3.31. The van der Waals surface area contributed by atoms with E-state index in [1.807, 2.05) is 6.07 Å². The molecule has 1 N–H and O–H groups in total. The van der Waals surface area contributed by atoms with E-state index >= 15 is 0 Å². The van der Waals surface area contributed by atoms with Gasteiger partial charge in [0, 0.05) is 25.3 Å². The fourth-order valence-electron chi connectivity index (χ4n) is 3.25. The number of halogens is 1. The fourth-order valence-corrected chi connectivity index (χ4v) is 3.25. The molecule has 1 aromatic carbocycles. The number of benzene rings is 1. The van der Waals surface area contributed by atoms with Crippen molar-refractivity contribution in [3.8, 4) is 0 Å². The average Bonchev–Trinajstić information content (AvgIpc) is 2.44. The first kappa shape index (κ1) is 16.3. The van der Waals surface area contributed by atoms with E-state index in [0.29, 0.717) is 5.41 Å². The van der Waals surface area contributed by atoms with Gasteiger partial charge < -0.3 is 10.2 Å². The van der Waals surface area contributed by atoms with Crippen LogP contribution in [-0.4, -0.2) is 19.6 Å². The van der Waals surface area contributed by atoms with E-state index < -0.39 is 0 Å². The highest BCUT2D eigenvalue weighted by molar-refractivity contribution is 5.54. The molecule has 0 amide bonds. The summed E-state index contributed by atoms with van der Waals surface area (Å²) < 4.78 is 13.5. The molecule has 0 unspecified atom stereocenters. The van der Waals surface area contributed by atoms with Crippen molar-refractivity contribution in [3.05, 3.63) is 29.6 Å². The SMILES string of the molecule is CCNCc1cc(F)ccc1N1CCC(C(C)(C)C)CC1.